The smallest absolute Gasteiger partial charge is 0.0838 e. The van der Waals surface area contributed by atoms with Crippen molar-refractivity contribution in [3.05, 3.63) is 35.9 Å². The van der Waals surface area contributed by atoms with Gasteiger partial charge in [0.2, 0.25) is 0 Å². The molecule has 96 valence electrons. The molecule has 0 spiro atoms. The van der Waals surface area contributed by atoms with Crippen LogP contribution in [0.5, 0.6) is 0 Å². The topological polar surface area (TPSA) is 29.5 Å². The molecule has 0 radical (unpaired) electrons. The molecule has 0 amide bonds. The fraction of sp³-hybridized carbons (Fsp3) is 0.600. The van der Waals surface area contributed by atoms with E-state index in [0.29, 0.717) is 6.61 Å². The molecule has 1 aromatic rings. The molecule has 0 aliphatic carbocycles. The van der Waals surface area contributed by atoms with Gasteiger partial charge in [0, 0.05) is 0 Å². The predicted molar refractivity (Wildman–Crippen MR) is 70.8 cm³/mol. The SMILES string of the molecule is CCC[C@@H](O)[C@H](CCC)OCc1ccccc1. The van der Waals surface area contributed by atoms with Crippen LogP contribution in [0.1, 0.15) is 45.1 Å². The van der Waals surface area contributed by atoms with Gasteiger partial charge in [-0.05, 0) is 18.4 Å². The van der Waals surface area contributed by atoms with Crippen molar-refractivity contribution in [3.8, 4) is 0 Å². The summed E-state index contributed by atoms with van der Waals surface area (Å²) in [6.45, 7) is 4.80. The van der Waals surface area contributed by atoms with Crippen LogP contribution in [0.25, 0.3) is 0 Å². The summed E-state index contributed by atoms with van der Waals surface area (Å²) >= 11 is 0. The van der Waals surface area contributed by atoms with Gasteiger partial charge in [-0.2, -0.15) is 0 Å². The Bertz CT molecular complexity index is 284. The zero-order chi connectivity index (χ0) is 12.5. The van der Waals surface area contributed by atoms with Gasteiger partial charge in [-0.15, -0.1) is 0 Å². The molecule has 0 aliphatic rings. The highest BCUT2D eigenvalue weighted by molar-refractivity contribution is 5.13. The molecule has 1 rings (SSSR count). The fourth-order valence-electron chi connectivity index (χ4n) is 1.93. The van der Waals surface area contributed by atoms with Crippen molar-refractivity contribution in [1.29, 1.82) is 0 Å². The van der Waals surface area contributed by atoms with Gasteiger partial charge in [0.05, 0.1) is 18.8 Å². The zero-order valence-electron chi connectivity index (χ0n) is 10.9. The maximum Gasteiger partial charge on any atom is 0.0838 e. The lowest BCUT2D eigenvalue weighted by atomic mass is 10.0. The molecule has 0 aliphatic heterocycles. The summed E-state index contributed by atoms with van der Waals surface area (Å²) in [5.74, 6) is 0. The van der Waals surface area contributed by atoms with E-state index in [2.05, 4.69) is 26.0 Å². The highest BCUT2D eigenvalue weighted by Crippen LogP contribution is 2.14. The summed E-state index contributed by atoms with van der Waals surface area (Å²) in [4.78, 5) is 0. The summed E-state index contributed by atoms with van der Waals surface area (Å²) in [6, 6.07) is 10.1. The second kappa shape index (κ2) is 8.26. The van der Waals surface area contributed by atoms with E-state index in [1.54, 1.807) is 0 Å². The molecule has 0 bridgehead atoms. The largest absolute Gasteiger partial charge is 0.390 e. The summed E-state index contributed by atoms with van der Waals surface area (Å²) < 4.78 is 5.83. The van der Waals surface area contributed by atoms with Crippen LogP contribution in [-0.2, 0) is 11.3 Å². The molecule has 1 aromatic carbocycles. The van der Waals surface area contributed by atoms with Crippen molar-refractivity contribution >= 4 is 0 Å². The van der Waals surface area contributed by atoms with E-state index in [4.69, 9.17) is 4.74 Å². The Morgan fingerprint density at radius 3 is 2.29 bits per heavy atom. The van der Waals surface area contributed by atoms with Crippen molar-refractivity contribution in [2.24, 2.45) is 0 Å². The van der Waals surface area contributed by atoms with Crippen LogP contribution in [0.3, 0.4) is 0 Å². The van der Waals surface area contributed by atoms with Crippen LogP contribution in [0.4, 0.5) is 0 Å². The van der Waals surface area contributed by atoms with Crippen molar-refractivity contribution in [3.63, 3.8) is 0 Å². The molecule has 0 fully saturated rings. The summed E-state index contributed by atoms with van der Waals surface area (Å²) in [7, 11) is 0. The Labute approximate surface area is 105 Å². The minimum Gasteiger partial charge on any atom is -0.390 e. The molecule has 0 unspecified atom stereocenters. The predicted octanol–water partition coefficient (Wildman–Crippen LogP) is 3.53. The molecule has 0 heterocycles. The van der Waals surface area contributed by atoms with Crippen molar-refractivity contribution in [2.45, 2.75) is 58.3 Å². The standard InChI is InChI=1S/C15H24O2/c1-3-8-14(16)15(9-4-2)17-12-13-10-6-5-7-11-13/h5-7,10-11,14-16H,3-4,8-9,12H2,1-2H3/t14-,15+/m1/s1. The molecule has 0 aromatic heterocycles. The first-order valence-corrected chi connectivity index (χ1v) is 6.61. The maximum absolute atomic E-state index is 9.99. The van der Waals surface area contributed by atoms with E-state index in [0.717, 1.165) is 31.2 Å². The average molecular weight is 236 g/mol. The number of aliphatic hydroxyl groups excluding tert-OH is 1. The molecule has 17 heavy (non-hydrogen) atoms. The van der Waals surface area contributed by atoms with Crippen LogP contribution in [0.15, 0.2) is 30.3 Å². The first-order valence-electron chi connectivity index (χ1n) is 6.61. The lowest BCUT2D eigenvalue weighted by Gasteiger charge is -2.22. The summed E-state index contributed by atoms with van der Waals surface area (Å²) in [6.07, 6.45) is 3.42. The Morgan fingerprint density at radius 2 is 1.71 bits per heavy atom. The van der Waals surface area contributed by atoms with Crippen molar-refractivity contribution < 1.29 is 9.84 Å². The molecule has 2 atom stereocenters. The van der Waals surface area contributed by atoms with E-state index in [1.165, 1.54) is 0 Å². The monoisotopic (exact) mass is 236 g/mol. The third-order valence-corrected chi connectivity index (χ3v) is 2.89. The number of hydrogen-bond donors (Lipinski definition) is 1. The number of aliphatic hydroxyl groups is 1. The van der Waals surface area contributed by atoms with Gasteiger partial charge in [-0.3, -0.25) is 0 Å². The van der Waals surface area contributed by atoms with Gasteiger partial charge in [0.15, 0.2) is 0 Å². The van der Waals surface area contributed by atoms with E-state index in [9.17, 15) is 5.11 Å². The normalized spacial score (nSPS) is 14.5. The number of hydrogen-bond acceptors (Lipinski definition) is 2. The van der Waals surface area contributed by atoms with E-state index >= 15 is 0 Å². The third-order valence-electron chi connectivity index (χ3n) is 2.89. The second-order valence-electron chi connectivity index (χ2n) is 4.48. The van der Waals surface area contributed by atoms with Gasteiger partial charge in [0.25, 0.3) is 0 Å². The van der Waals surface area contributed by atoms with Gasteiger partial charge in [-0.1, -0.05) is 57.0 Å². The molecule has 0 saturated carbocycles. The minimum atomic E-state index is -0.330. The molecular formula is C15H24O2. The van der Waals surface area contributed by atoms with E-state index in [-0.39, 0.29) is 12.2 Å². The fourth-order valence-corrected chi connectivity index (χ4v) is 1.93. The Balaban J connectivity index is 2.43. The van der Waals surface area contributed by atoms with Crippen molar-refractivity contribution in [1.82, 2.24) is 0 Å². The van der Waals surface area contributed by atoms with Crippen LogP contribution >= 0.6 is 0 Å². The van der Waals surface area contributed by atoms with Crippen LogP contribution < -0.4 is 0 Å². The molecule has 0 saturated heterocycles. The van der Waals surface area contributed by atoms with Gasteiger partial charge in [0.1, 0.15) is 0 Å². The number of benzene rings is 1. The van der Waals surface area contributed by atoms with Crippen LogP contribution in [-0.4, -0.2) is 17.3 Å². The van der Waals surface area contributed by atoms with E-state index < -0.39 is 0 Å². The average Bonchev–Trinajstić information content (AvgIpc) is 2.36. The maximum atomic E-state index is 9.99. The third kappa shape index (κ3) is 5.33. The molecule has 2 nitrogen and oxygen atoms in total. The summed E-state index contributed by atoms with van der Waals surface area (Å²) in [5.41, 5.74) is 1.16. The van der Waals surface area contributed by atoms with Crippen LogP contribution in [0, 0.1) is 0 Å². The van der Waals surface area contributed by atoms with Gasteiger partial charge in [-0.25, -0.2) is 0 Å². The Kier molecular flexibility index (Phi) is 6.90. The molecule has 2 heteroatoms. The highest BCUT2D eigenvalue weighted by Gasteiger charge is 2.18. The van der Waals surface area contributed by atoms with E-state index in [1.807, 2.05) is 18.2 Å². The number of ether oxygens (including phenoxy) is 1. The second-order valence-corrected chi connectivity index (χ2v) is 4.48. The lowest BCUT2D eigenvalue weighted by Crippen LogP contribution is -2.28. The summed E-state index contributed by atoms with van der Waals surface area (Å²) in [5, 5.41) is 9.99. The molecular weight excluding hydrogens is 212 g/mol. The first-order chi connectivity index (χ1) is 8.27. The van der Waals surface area contributed by atoms with Crippen molar-refractivity contribution in [2.75, 3.05) is 0 Å². The Hall–Kier alpha value is -0.860. The first kappa shape index (κ1) is 14.2. The van der Waals surface area contributed by atoms with Gasteiger partial charge >= 0.3 is 0 Å². The minimum absolute atomic E-state index is 0.0276. The lowest BCUT2D eigenvalue weighted by molar-refractivity contribution is -0.0529. The molecule has 1 N–H and O–H groups in total. The number of rotatable bonds is 8. The quantitative estimate of drug-likeness (QED) is 0.748. The van der Waals surface area contributed by atoms with Gasteiger partial charge < -0.3 is 9.84 Å². The zero-order valence-corrected chi connectivity index (χ0v) is 10.9. The highest BCUT2D eigenvalue weighted by atomic mass is 16.5. The Morgan fingerprint density at radius 1 is 1.06 bits per heavy atom. The van der Waals surface area contributed by atoms with Crippen LogP contribution in [0.2, 0.25) is 0 Å².